The molecule has 0 spiro atoms. The van der Waals surface area contributed by atoms with Crippen LogP contribution < -0.4 is 0 Å². The van der Waals surface area contributed by atoms with Gasteiger partial charge in [0, 0.05) is 58.3 Å². The van der Waals surface area contributed by atoms with E-state index in [4.69, 9.17) is 0 Å². The molecule has 1 atom stereocenters. The number of hydrogen-bond donors (Lipinski definition) is 0. The average molecular weight is 370 g/mol. The van der Waals surface area contributed by atoms with Crippen LogP contribution in [0.3, 0.4) is 0 Å². The highest BCUT2D eigenvalue weighted by atomic mass is 16.2. The SMILES string of the molecule is CCC1CCCCN1C(=O)CCN1CCN(C/C=C/c2ccccc2)CC1. The zero-order valence-electron chi connectivity index (χ0n) is 16.9. The van der Waals surface area contributed by atoms with Gasteiger partial charge in [-0.1, -0.05) is 49.4 Å². The van der Waals surface area contributed by atoms with Crippen molar-refractivity contribution in [2.75, 3.05) is 45.8 Å². The summed E-state index contributed by atoms with van der Waals surface area (Å²) in [5, 5.41) is 0. The fraction of sp³-hybridized carbons (Fsp3) is 0.609. The van der Waals surface area contributed by atoms with Crippen molar-refractivity contribution in [3.63, 3.8) is 0 Å². The molecule has 3 rings (SSSR count). The first kappa shape index (κ1) is 20.1. The fourth-order valence-corrected chi connectivity index (χ4v) is 4.25. The Morgan fingerprint density at radius 3 is 2.52 bits per heavy atom. The third-order valence-corrected chi connectivity index (χ3v) is 6.00. The van der Waals surface area contributed by atoms with Gasteiger partial charge in [-0.05, 0) is 31.2 Å². The summed E-state index contributed by atoms with van der Waals surface area (Å²) in [5.74, 6) is 0.370. The first-order valence-corrected chi connectivity index (χ1v) is 10.7. The summed E-state index contributed by atoms with van der Waals surface area (Å²) in [7, 11) is 0. The Morgan fingerprint density at radius 1 is 1.04 bits per heavy atom. The maximum absolute atomic E-state index is 12.6. The van der Waals surface area contributed by atoms with Crippen molar-refractivity contribution in [2.45, 2.75) is 45.1 Å². The number of rotatable bonds is 7. The van der Waals surface area contributed by atoms with Crippen LogP contribution in [0.15, 0.2) is 36.4 Å². The number of likely N-dealkylation sites (tertiary alicyclic amines) is 1. The minimum absolute atomic E-state index is 0.370. The molecule has 0 aromatic heterocycles. The number of piperazine rings is 1. The van der Waals surface area contributed by atoms with Crippen molar-refractivity contribution in [1.82, 2.24) is 14.7 Å². The van der Waals surface area contributed by atoms with Gasteiger partial charge in [0.2, 0.25) is 5.91 Å². The molecule has 0 N–H and O–H groups in total. The summed E-state index contributed by atoms with van der Waals surface area (Å²) in [4.78, 5) is 19.7. The van der Waals surface area contributed by atoms with Crippen LogP contribution in [-0.4, -0.2) is 72.5 Å². The minimum Gasteiger partial charge on any atom is -0.340 e. The Morgan fingerprint density at radius 2 is 1.78 bits per heavy atom. The number of carbonyl (C=O) groups excluding carboxylic acids is 1. The van der Waals surface area contributed by atoms with Gasteiger partial charge in [-0.15, -0.1) is 0 Å². The van der Waals surface area contributed by atoms with Gasteiger partial charge < -0.3 is 9.80 Å². The molecular weight excluding hydrogens is 334 g/mol. The summed E-state index contributed by atoms with van der Waals surface area (Å²) >= 11 is 0. The van der Waals surface area contributed by atoms with Gasteiger partial charge in [0.25, 0.3) is 0 Å². The molecule has 27 heavy (non-hydrogen) atoms. The van der Waals surface area contributed by atoms with E-state index in [1.807, 2.05) is 0 Å². The molecule has 4 nitrogen and oxygen atoms in total. The number of piperidine rings is 1. The Kier molecular flexibility index (Phi) is 7.91. The third kappa shape index (κ3) is 6.18. The van der Waals surface area contributed by atoms with Crippen molar-refractivity contribution in [1.29, 1.82) is 0 Å². The maximum Gasteiger partial charge on any atom is 0.224 e. The molecule has 2 saturated heterocycles. The van der Waals surface area contributed by atoms with E-state index in [9.17, 15) is 4.79 Å². The molecule has 1 amide bonds. The Bertz CT molecular complexity index is 593. The predicted molar refractivity (Wildman–Crippen MR) is 113 cm³/mol. The maximum atomic E-state index is 12.6. The summed E-state index contributed by atoms with van der Waals surface area (Å²) in [6, 6.07) is 11.0. The quantitative estimate of drug-likeness (QED) is 0.736. The number of nitrogens with zero attached hydrogens (tertiary/aromatic N) is 3. The van der Waals surface area contributed by atoms with Crippen LogP contribution >= 0.6 is 0 Å². The molecule has 2 heterocycles. The highest BCUT2D eigenvalue weighted by molar-refractivity contribution is 5.76. The summed E-state index contributed by atoms with van der Waals surface area (Å²) < 4.78 is 0. The second-order valence-corrected chi connectivity index (χ2v) is 7.85. The van der Waals surface area contributed by atoms with Gasteiger partial charge in [-0.25, -0.2) is 0 Å². The molecule has 2 aliphatic rings. The molecule has 2 aliphatic heterocycles. The molecule has 4 heteroatoms. The fourth-order valence-electron chi connectivity index (χ4n) is 4.25. The summed E-state index contributed by atoms with van der Waals surface area (Å²) in [6.07, 6.45) is 9.90. The van der Waals surface area contributed by atoms with Crippen LogP contribution in [0.2, 0.25) is 0 Å². The van der Waals surface area contributed by atoms with Crippen LogP contribution in [0.4, 0.5) is 0 Å². The summed E-state index contributed by atoms with van der Waals surface area (Å²) in [6.45, 7) is 9.43. The number of amides is 1. The lowest BCUT2D eigenvalue weighted by Crippen LogP contribution is -2.48. The molecule has 1 aromatic rings. The van der Waals surface area contributed by atoms with Gasteiger partial charge in [-0.3, -0.25) is 9.69 Å². The minimum atomic E-state index is 0.370. The van der Waals surface area contributed by atoms with E-state index in [0.29, 0.717) is 18.4 Å². The molecule has 2 fully saturated rings. The zero-order valence-corrected chi connectivity index (χ0v) is 16.9. The molecular formula is C23H35N3O. The predicted octanol–water partition coefficient (Wildman–Crippen LogP) is 3.50. The van der Waals surface area contributed by atoms with Crippen LogP contribution in [0, 0.1) is 0 Å². The standard InChI is InChI=1S/C23H35N3O/c1-2-22-12-6-7-15-26(22)23(27)13-16-25-19-17-24(18-20-25)14-8-11-21-9-4-3-5-10-21/h3-5,8-11,22H,2,6-7,12-20H2,1H3/b11-8+. The van der Waals surface area contributed by atoms with Gasteiger partial charge in [0.1, 0.15) is 0 Å². The topological polar surface area (TPSA) is 26.8 Å². The van der Waals surface area contributed by atoms with Crippen LogP contribution in [0.1, 0.15) is 44.6 Å². The lowest BCUT2D eigenvalue weighted by Gasteiger charge is -2.37. The average Bonchev–Trinajstić information content (AvgIpc) is 2.73. The first-order valence-electron chi connectivity index (χ1n) is 10.7. The molecule has 1 aromatic carbocycles. The first-order chi connectivity index (χ1) is 13.3. The molecule has 1 unspecified atom stereocenters. The van der Waals surface area contributed by atoms with Crippen LogP contribution in [0.5, 0.6) is 0 Å². The van der Waals surface area contributed by atoms with Gasteiger partial charge in [0.05, 0.1) is 0 Å². The van der Waals surface area contributed by atoms with Gasteiger partial charge >= 0.3 is 0 Å². The number of hydrogen-bond acceptors (Lipinski definition) is 3. The normalized spacial score (nSPS) is 22.4. The van der Waals surface area contributed by atoms with E-state index in [0.717, 1.165) is 52.2 Å². The largest absolute Gasteiger partial charge is 0.340 e. The lowest BCUT2D eigenvalue weighted by molar-refractivity contribution is -0.135. The molecule has 0 saturated carbocycles. The van der Waals surface area contributed by atoms with Gasteiger partial charge in [-0.2, -0.15) is 0 Å². The number of carbonyl (C=O) groups is 1. The zero-order chi connectivity index (χ0) is 18.9. The Labute approximate surface area is 164 Å². The Hall–Kier alpha value is -1.65. The van der Waals surface area contributed by atoms with E-state index in [2.05, 4.69) is 64.1 Å². The second kappa shape index (κ2) is 10.6. The number of benzene rings is 1. The summed E-state index contributed by atoms with van der Waals surface area (Å²) in [5.41, 5.74) is 1.26. The molecule has 0 aliphatic carbocycles. The van der Waals surface area contributed by atoms with Crippen LogP contribution in [-0.2, 0) is 4.79 Å². The van der Waals surface area contributed by atoms with Crippen molar-refractivity contribution in [2.24, 2.45) is 0 Å². The van der Waals surface area contributed by atoms with Crippen molar-refractivity contribution < 1.29 is 4.79 Å². The third-order valence-electron chi connectivity index (χ3n) is 6.00. The van der Waals surface area contributed by atoms with Crippen molar-refractivity contribution in [3.05, 3.63) is 42.0 Å². The van der Waals surface area contributed by atoms with E-state index in [1.54, 1.807) is 0 Å². The molecule has 148 valence electrons. The van der Waals surface area contributed by atoms with Crippen LogP contribution in [0.25, 0.3) is 6.08 Å². The highest BCUT2D eigenvalue weighted by Crippen LogP contribution is 2.20. The molecule has 0 radical (unpaired) electrons. The second-order valence-electron chi connectivity index (χ2n) is 7.85. The smallest absolute Gasteiger partial charge is 0.224 e. The highest BCUT2D eigenvalue weighted by Gasteiger charge is 2.25. The van der Waals surface area contributed by atoms with Crippen molar-refractivity contribution in [3.8, 4) is 0 Å². The van der Waals surface area contributed by atoms with E-state index in [1.165, 1.54) is 24.8 Å². The monoisotopic (exact) mass is 369 g/mol. The van der Waals surface area contributed by atoms with Gasteiger partial charge in [0.15, 0.2) is 0 Å². The van der Waals surface area contributed by atoms with E-state index in [-0.39, 0.29) is 0 Å². The van der Waals surface area contributed by atoms with E-state index >= 15 is 0 Å². The van der Waals surface area contributed by atoms with Crippen molar-refractivity contribution >= 4 is 12.0 Å². The Balaban J connectivity index is 1.34. The van der Waals surface area contributed by atoms with E-state index < -0.39 is 0 Å². The molecule has 0 bridgehead atoms. The lowest BCUT2D eigenvalue weighted by atomic mass is 9.99.